The topological polar surface area (TPSA) is 21.3 Å². The van der Waals surface area contributed by atoms with E-state index in [4.69, 9.17) is 4.74 Å². The van der Waals surface area contributed by atoms with Gasteiger partial charge in [-0.3, -0.25) is 0 Å². The maximum atomic E-state index is 5.31. The van der Waals surface area contributed by atoms with E-state index in [-0.39, 0.29) is 0 Å². The van der Waals surface area contributed by atoms with Crippen LogP contribution in [0.3, 0.4) is 0 Å². The molecule has 0 saturated carbocycles. The minimum absolute atomic E-state index is 0.340. The van der Waals surface area contributed by atoms with Crippen molar-refractivity contribution >= 4 is 11.8 Å². The summed E-state index contributed by atoms with van der Waals surface area (Å²) in [6, 6.07) is 19.3. The van der Waals surface area contributed by atoms with Crippen molar-refractivity contribution in [2.75, 3.05) is 14.2 Å². The smallest absolute Gasteiger partial charge is 0.119 e. The third-order valence-corrected chi connectivity index (χ3v) is 5.01. The van der Waals surface area contributed by atoms with Gasteiger partial charge >= 0.3 is 0 Å². The monoisotopic (exact) mass is 301 g/mol. The molecular formula is C18H23NOS. The Morgan fingerprint density at radius 2 is 1.86 bits per heavy atom. The number of rotatable bonds is 7. The summed E-state index contributed by atoms with van der Waals surface area (Å²) in [6.07, 6.45) is 1.10. The van der Waals surface area contributed by atoms with E-state index in [1.165, 1.54) is 10.5 Å². The number of benzene rings is 2. The molecule has 2 rings (SSSR count). The van der Waals surface area contributed by atoms with Crippen molar-refractivity contribution in [3.63, 3.8) is 0 Å². The summed E-state index contributed by atoms with van der Waals surface area (Å²) in [6.45, 7) is 2.24. The number of thioether (sulfide) groups is 1. The molecule has 0 aromatic heterocycles. The van der Waals surface area contributed by atoms with Crippen molar-refractivity contribution in [3.8, 4) is 5.75 Å². The van der Waals surface area contributed by atoms with E-state index in [0.29, 0.717) is 11.3 Å². The second kappa shape index (κ2) is 8.11. The highest BCUT2D eigenvalue weighted by Crippen LogP contribution is 2.35. The Hall–Kier alpha value is -1.45. The van der Waals surface area contributed by atoms with Gasteiger partial charge in [-0.2, -0.15) is 0 Å². The highest BCUT2D eigenvalue weighted by molar-refractivity contribution is 8.00. The van der Waals surface area contributed by atoms with Crippen molar-refractivity contribution in [3.05, 3.63) is 60.2 Å². The molecule has 0 bridgehead atoms. The van der Waals surface area contributed by atoms with E-state index >= 15 is 0 Å². The van der Waals surface area contributed by atoms with Crippen LogP contribution in [0.2, 0.25) is 0 Å². The lowest BCUT2D eigenvalue weighted by atomic mass is 10.0. The lowest BCUT2D eigenvalue weighted by molar-refractivity contribution is 0.413. The van der Waals surface area contributed by atoms with Crippen LogP contribution >= 0.6 is 11.8 Å². The molecule has 0 spiro atoms. The molecule has 0 radical (unpaired) electrons. The van der Waals surface area contributed by atoms with E-state index < -0.39 is 0 Å². The highest BCUT2D eigenvalue weighted by Gasteiger charge is 2.21. The van der Waals surface area contributed by atoms with Crippen molar-refractivity contribution in [1.82, 2.24) is 5.32 Å². The first-order chi connectivity index (χ1) is 10.3. The third kappa shape index (κ3) is 4.26. The maximum absolute atomic E-state index is 5.31. The second-order valence-corrected chi connectivity index (χ2v) is 6.23. The molecule has 0 heterocycles. The number of ether oxygens (including phenoxy) is 1. The molecule has 112 valence electrons. The minimum Gasteiger partial charge on any atom is -0.497 e. The molecule has 0 aliphatic rings. The third-order valence-electron chi connectivity index (χ3n) is 3.57. The molecule has 0 fully saturated rings. The van der Waals surface area contributed by atoms with Gasteiger partial charge < -0.3 is 10.1 Å². The maximum Gasteiger partial charge on any atom is 0.119 e. The van der Waals surface area contributed by atoms with Crippen molar-refractivity contribution in [1.29, 1.82) is 0 Å². The Morgan fingerprint density at radius 3 is 2.48 bits per heavy atom. The van der Waals surface area contributed by atoms with Crippen LogP contribution < -0.4 is 10.1 Å². The fourth-order valence-electron chi connectivity index (χ4n) is 2.46. The molecule has 0 amide bonds. The minimum atomic E-state index is 0.340. The number of hydrogen-bond donors (Lipinski definition) is 1. The van der Waals surface area contributed by atoms with Gasteiger partial charge in [0.05, 0.1) is 7.11 Å². The van der Waals surface area contributed by atoms with Crippen LogP contribution in [0.5, 0.6) is 5.75 Å². The van der Waals surface area contributed by atoms with Gasteiger partial charge in [0.15, 0.2) is 0 Å². The fraction of sp³-hybridized carbons (Fsp3) is 0.333. The predicted molar refractivity (Wildman–Crippen MR) is 91.2 cm³/mol. The van der Waals surface area contributed by atoms with Gasteiger partial charge in [0.2, 0.25) is 0 Å². The van der Waals surface area contributed by atoms with Crippen LogP contribution in [0, 0.1) is 0 Å². The number of hydrogen-bond acceptors (Lipinski definition) is 3. The van der Waals surface area contributed by atoms with E-state index in [1.807, 2.05) is 30.9 Å². The zero-order valence-corrected chi connectivity index (χ0v) is 13.7. The Morgan fingerprint density at radius 1 is 1.10 bits per heavy atom. The molecule has 21 heavy (non-hydrogen) atoms. The Bertz CT molecular complexity index is 544. The van der Waals surface area contributed by atoms with Crippen LogP contribution in [-0.4, -0.2) is 19.4 Å². The van der Waals surface area contributed by atoms with Crippen molar-refractivity contribution in [2.45, 2.75) is 29.5 Å². The molecule has 0 saturated heterocycles. The summed E-state index contributed by atoms with van der Waals surface area (Å²) >= 11 is 1.90. The Labute approximate surface area is 131 Å². The van der Waals surface area contributed by atoms with Crippen LogP contribution in [0.25, 0.3) is 0 Å². The average molecular weight is 301 g/mol. The molecule has 2 unspecified atom stereocenters. The number of nitrogens with one attached hydrogen (secondary N) is 1. The quantitative estimate of drug-likeness (QED) is 0.759. The molecule has 2 aromatic carbocycles. The predicted octanol–water partition coefficient (Wildman–Crippen LogP) is 4.53. The molecule has 2 aromatic rings. The molecule has 2 nitrogen and oxygen atoms in total. The van der Waals surface area contributed by atoms with Gasteiger partial charge in [0, 0.05) is 16.2 Å². The zero-order valence-electron chi connectivity index (χ0n) is 12.9. The van der Waals surface area contributed by atoms with Gasteiger partial charge in [-0.05, 0) is 37.2 Å². The van der Waals surface area contributed by atoms with Crippen molar-refractivity contribution in [2.24, 2.45) is 0 Å². The van der Waals surface area contributed by atoms with Gasteiger partial charge in [0.1, 0.15) is 5.75 Å². The lowest BCUT2D eigenvalue weighted by Gasteiger charge is -2.26. The van der Waals surface area contributed by atoms with Crippen LogP contribution in [-0.2, 0) is 0 Å². The SMILES string of the molecule is CCC(Sc1cccc(OC)c1)C(NC)c1ccccc1. The van der Waals surface area contributed by atoms with E-state index in [0.717, 1.165) is 12.2 Å². The Balaban J connectivity index is 2.17. The van der Waals surface area contributed by atoms with Gasteiger partial charge in [0.25, 0.3) is 0 Å². The molecule has 1 N–H and O–H groups in total. The van der Waals surface area contributed by atoms with Crippen LogP contribution in [0.4, 0.5) is 0 Å². The largest absolute Gasteiger partial charge is 0.497 e. The first kappa shape index (κ1) is 15.9. The van der Waals surface area contributed by atoms with Gasteiger partial charge in [-0.25, -0.2) is 0 Å². The van der Waals surface area contributed by atoms with Gasteiger partial charge in [-0.15, -0.1) is 11.8 Å². The van der Waals surface area contributed by atoms with Crippen LogP contribution in [0.15, 0.2) is 59.5 Å². The first-order valence-electron chi connectivity index (χ1n) is 7.31. The van der Waals surface area contributed by atoms with Gasteiger partial charge in [-0.1, -0.05) is 43.3 Å². The summed E-state index contributed by atoms with van der Waals surface area (Å²) in [5, 5.41) is 3.94. The molecular weight excluding hydrogens is 278 g/mol. The molecule has 0 aliphatic heterocycles. The summed E-state index contributed by atoms with van der Waals surface area (Å²) in [5.74, 6) is 0.913. The van der Waals surface area contributed by atoms with Crippen LogP contribution in [0.1, 0.15) is 24.9 Å². The summed E-state index contributed by atoms with van der Waals surface area (Å²) < 4.78 is 5.31. The van der Waals surface area contributed by atoms with E-state index in [9.17, 15) is 0 Å². The molecule has 3 heteroatoms. The summed E-state index contributed by atoms with van der Waals surface area (Å²) in [7, 11) is 3.74. The first-order valence-corrected chi connectivity index (χ1v) is 8.19. The average Bonchev–Trinajstić information content (AvgIpc) is 2.55. The standard InChI is InChI=1S/C18H23NOS/c1-4-17(18(19-2)14-9-6-5-7-10-14)21-16-12-8-11-15(13-16)20-3/h5-13,17-19H,4H2,1-3H3. The zero-order chi connectivity index (χ0) is 15.1. The fourth-order valence-corrected chi connectivity index (χ4v) is 3.75. The van der Waals surface area contributed by atoms with E-state index in [2.05, 4.69) is 54.7 Å². The lowest BCUT2D eigenvalue weighted by Crippen LogP contribution is -2.26. The summed E-state index contributed by atoms with van der Waals surface area (Å²) in [4.78, 5) is 1.25. The van der Waals surface area contributed by atoms with Crippen molar-refractivity contribution < 1.29 is 4.74 Å². The Kier molecular flexibility index (Phi) is 6.15. The highest BCUT2D eigenvalue weighted by atomic mass is 32.2. The second-order valence-electron chi connectivity index (χ2n) is 4.92. The summed E-state index contributed by atoms with van der Waals surface area (Å²) in [5.41, 5.74) is 1.34. The van der Waals surface area contributed by atoms with E-state index in [1.54, 1.807) is 7.11 Å². The normalized spacial score (nSPS) is 13.7. The molecule has 0 aliphatic carbocycles. The molecule has 2 atom stereocenters. The number of methoxy groups -OCH3 is 1.